The van der Waals surface area contributed by atoms with Crippen LogP contribution >= 0.6 is 0 Å². The summed E-state index contributed by atoms with van der Waals surface area (Å²) in [6, 6.07) is 3.66. The van der Waals surface area contributed by atoms with Crippen LogP contribution in [0.2, 0.25) is 0 Å². The number of nitrogens with two attached hydrogens (primary N) is 1. The first-order chi connectivity index (χ1) is 9.49. The van der Waals surface area contributed by atoms with E-state index in [-0.39, 0.29) is 17.7 Å². The third kappa shape index (κ3) is 3.14. The predicted molar refractivity (Wildman–Crippen MR) is 75.1 cm³/mol. The largest absolute Gasteiger partial charge is 0.369 e. The van der Waals surface area contributed by atoms with Crippen LogP contribution in [-0.4, -0.2) is 59.8 Å². The van der Waals surface area contributed by atoms with E-state index in [1.807, 2.05) is 24.9 Å². The Morgan fingerprint density at radius 1 is 1.35 bits per heavy atom. The highest BCUT2D eigenvalue weighted by atomic mass is 16.2. The van der Waals surface area contributed by atoms with Gasteiger partial charge in [0.15, 0.2) is 0 Å². The van der Waals surface area contributed by atoms with E-state index in [0.29, 0.717) is 25.3 Å². The zero-order valence-corrected chi connectivity index (χ0v) is 11.9. The molecule has 1 unspecified atom stereocenters. The molecule has 1 atom stereocenters. The molecule has 2 rings (SSSR count). The maximum atomic E-state index is 12.5. The number of likely N-dealkylation sites (N-methyl/N-ethyl adjacent to an activating group) is 1. The molecule has 2 amide bonds. The van der Waals surface area contributed by atoms with Gasteiger partial charge in [-0.05, 0) is 25.6 Å². The van der Waals surface area contributed by atoms with Crippen LogP contribution in [0.5, 0.6) is 0 Å². The third-order valence-corrected chi connectivity index (χ3v) is 3.63. The fourth-order valence-electron chi connectivity index (χ4n) is 2.40. The molecule has 1 aliphatic rings. The molecule has 0 bridgehead atoms. The topological polar surface area (TPSA) is 79.5 Å². The minimum Gasteiger partial charge on any atom is -0.369 e. The van der Waals surface area contributed by atoms with E-state index in [2.05, 4.69) is 4.98 Å². The Labute approximate surface area is 118 Å². The molecule has 1 aromatic heterocycles. The van der Waals surface area contributed by atoms with Crippen molar-refractivity contribution in [2.75, 3.05) is 33.2 Å². The molecular weight excluding hydrogens is 256 g/mol. The summed E-state index contributed by atoms with van der Waals surface area (Å²) in [7, 11) is 1.93. The SMILES string of the molecule is Cc1cccnc1C(=O)N1CCN(C)CC(C(N)=O)C1. The van der Waals surface area contributed by atoms with Crippen LogP contribution in [0.4, 0.5) is 0 Å². The first-order valence-corrected chi connectivity index (χ1v) is 6.67. The number of amides is 2. The zero-order chi connectivity index (χ0) is 14.7. The van der Waals surface area contributed by atoms with E-state index in [4.69, 9.17) is 5.73 Å². The van der Waals surface area contributed by atoms with Crippen LogP contribution in [0.15, 0.2) is 18.3 Å². The van der Waals surface area contributed by atoms with Crippen LogP contribution in [0.25, 0.3) is 0 Å². The second-order valence-electron chi connectivity index (χ2n) is 5.28. The van der Waals surface area contributed by atoms with Gasteiger partial charge in [0.05, 0.1) is 5.92 Å². The lowest BCUT2D eigenvalue weighted by Gasteiger charge is -2.22. The smallest absolute Gasteiger partial charge is 0.272 e. The van der Waals surface area contributed by atoms with Crippen molar-refractivity contribution in [2.45, 2.75) is 6.92 Å². The van der Waals surface area contributed by atoms with Crippen molar-refractivity contribution in [3.8, 4) is 0 Å². The van der Waals surface area contributed by atoms with Gasteiger partial charge in [-0.1, -0.05) is 6.07 Å². The van der Waals surface area contributed by atoms with Crippen molar-refractivity contribution >= 4 is 11.8 Å². The van der Waals surface area contributed by atoms with Gasteiger partial charge in [-0.2, -0.15) is 0 Å². The van der Waals surface area contributed by atoms with Gasteiger partial charge in [0.1, 0.15) is 5.69 Å². The molecule has 1 aliphatic heterocycles. The first-order valence-electron chi connectivity index (χ1n) is 6.67. The van der Waals surface area contributed by atoms with E-state index in [1.54, 1.807) is 17.2 Å². The molecule has 6 nitrogen and oxygen atoms in total. The summed E-state index contributed by atoms with van der Waals surface area (Å²) < 4.78 is 0. The highest BCUT2D eigenvalue weighted by molar-refractivity contribution is 5.94. The average Bonchev–Trinajstić information content (AvgIpc) is 2.61. The van der Waals surface area contributed by atoms with E-state index < -0.39 is 0 Å². The quantitative estimate of drug-likeness (QED) is 0.816. The van der Waals surface area contributed by atoms with Crippen molar-refractivity contribution in [3.63, 3.8) is 0 Å². The van der Waals surface area contributed by atoms with E-state index in [0.717, 1.165) is 12.1 Å². The van der Waals surface area contributed by atoms with E-state index >= 15 is 0 Å². The predicted octanol–water partition coefficient (Wildman–Crippen LogP) is -0.121. The number of rotatable bonds is 2. The molecule has 0 saturated carbocycles. The highest BCUT2D eigenvalue weighted by Gasteiger charge is 2.28. The van der Waals surface area contributed by atoms with Crippen molar-refractivity contribution in [3.05, 3.63) is 29.6 Å². The Balaban J connectivity index is 2.20. The van der Waals surface area contributed by atoms with Gasteiger partial charge in [0, 0.05) is 32.4 Å². The fraction of sp³-hybridized carbons (Fsp3) is 0.500. The minimum atomic E-state index is -0.366. The van der Waals surface area contributed by atoms with Crippen molar-refractivity contribution in [2.24, 2.45) is 11.7 Å². The molecule has 1 saturated heterocycles. The summed E-state index contributed by atoms with van der Waals surface area (Å²) >= 11 is 0. The summed E-state index contributed by atoms with van der Waals surface area (Å²) in [4.78, 5) is 31.9. The molecule has 0 spiro atoms. The number of carbonyl (C=O) groups excluding carboxylic acids is 2. The molecule has 2 N–H and O–H groups in total. The van der Waals surface area contributed by atoms with Gasteiger partial charge < -0.3 is 15.5 Å². The third-order valence-electron chi connectivity index (χ3n) is 3.63. The van der Waals surface area contributed by atoms with Gasteiger partial charge in [0.25, 0.3) is 5.91 Å². The summed E-state index contributed by atoms with van der Waals surface area (Å²) in [5.74, 6) is -0.839. The highest BCUT2D eigenvalue weighted by Crippen LogP contribution is 2.13. The lowest BCUT2D eigenvalue weighted by molar-refractivity contribution is -0.122. The normalized spacial score (nSPS) is 20.5. The lowest BCUT2D eigenvalue weighted by Crippen LogP contribution is -2.40. The molecule has 1 aromatic rings. The maximum Gasteiger partial charge on any atom is 0.272 e. The maximum absolute atomic E-state index is 12.5. The number of hydrogen-bond donors (Lipinski definition) is 1. The van der Waals surface area contributed by atoms with Gasteiger partial charge in [-0.25, -0.2) is 0 Å². The number of hydrogen-bond acceptors (Lipinski definition) is 4. The fourth-order valence-corrected chi connectivity index (χ4v) is 2.40. The molecule has 6 heteroatoms. The monoisotopic (exact) mass is 276 g/mol. The molecular formula is C14H20N4O2. The van der Waals surface area contributed by atoms with Gasteiger partial charge in [-0.15, -0.1) is 0 Å². The number of aromatic nitrogens is 1. The van der Waals surface area contributed by atoms with Crippen LogP contribution in [0.3, 0.4) is 0 Å². The van der Waals surface area contributed by atoms with E-state index in [1.165, 1.54) is 0 Å². The summed E-state index contributed by atoms with van der Waals surface area (Å²) in [6.07, 6.45) is 1.61. The zero-order valence-electron chi connectivity index (χ0n) is 11.9. The Hall–Kier alpha value is -1.95. The van der Waals surface area contributed by atoms with Crippen molar-refractivity contribution < 1.29 is 9.59 Å². The number of nitrogens with zero attached hydrogens (tertiary/aromatic N) is 3. The van der Waals surface area contributed by atoms with E-state index in [9.17, 15) is 9.59 Å². The number of pyridine rings is 1. The summed E-state index contributed by atoms with van der Waals surface area (Å²) in [6.45, 7) is 4.10. The molecule has 108 valence electrons. The summed E-state index contributed by atoms with van der Waals surface area (Å²) in [5.41, 5.74) is 6.69. The molecule has 0 aromatic carbocycles. The number of carbonyl (C=O) groups is 2. The standard InChI is InChI=1S/C14H20N4O2/c1-10-4-3-5-16-12(10)14(20)18-7-6-17(2)8-11(9-18)13(15)19/h3-5,11H,6-9H2,1-2H3,(H2,15,19). The molecule has 0 radical (unpaired) electrons. The van der Waals surface area contributed by atoms with Gasteiger partial charge in [0.2, 0.25) is 5.91 Å². The Kier molecular flexibility index (Phi) is 4.34. The van der Waals surface area contributed by atoms with Crippen LogP contribution in [-0.2, 0) is 4.79 Å². The Bertz CT molecular complexity index is 518. The summed E-state index contributed by atoms with van der Waals surface area (Å²) in [5, 5.41) is 0. The Morgan fingerprint density at radius 2 is 2.10 bits per heavy atom. The molecule has 0 aliphatic carbocycles. The van der Waals surface area contributed by atoms with Crippen molar-refractivity contribution in [1.29, 1.82) is 0 Å². The Morgan fingerprint density at radius 3 is 2.75 bits per heavy atom. The van der Waals surface area contributed by atoms with Gasteiger partial charge in [-0.3, -0.25) is 14.6 Å². The van der Waals surface area contributed by atoms with Crippen LogP contribution in [0, 0.1) is 12.8 Å². The second kappa shape index (κ2) is 6.00. The van der Waals surface area contributed by atoms with Gasteiger partial charge >= 0.3 is 0 Å². The molecule has 1 fully saturated rings. The minimum absolute atomic E-state index is 0.135. The number of aryl methyl sites for hydroxylation is 1. The average molecular weight is 276 g/mol. The lowest BCUT2D eigenvalue weighted by atomic mass is 10.1. The molecule has 2 heterocycles. The van der Waals surface area contributed by atoms with Crippen molar-refractivity contribution in [1.82, 2.24) is 14.8 Å². The molecule has 20 heavy (non-hydrogen) atoms. The van der Waals surface area contributed by atoms with Crippen LogP contribution < -0.4 is 5.73 Å². The first kappa shape index (κ1) is 14.5. The number of primary amides is 1. The van der Waals surface area contributed by atoms with Crippen LogP contribution in [0.1, 0.15) is 16.1 Å². The second-order valence-corrected chi connectivity index (χ2v) is 5.28.